The molecule has 1 atom stereocenters. The zero-order valence-corrected chi connectivity index (χ0v) is 9.97. The Morgan fingerprint density at radius 2 is 2.33 bits per heavy atom. The zero-order chi connectivity index (χ0) is 11.4. The first-order valence-corrected chi connectivity index (χ1v) is 5.89. The fourth-order valence-corrected chi connectivity index (χ4v) is 1.68. The number of carbonyl (C=O) groups excluding carboxylic acids is 1. The third-order valence-electron chi connectivity index (χ3n) is 2.25. The van der Waals surface area contributed by atoms with Crippen molar-refractivity contribution in [1.29, 1.82) is 0 Å². The van der Waals surface area contributed by atoms with Gasteiger partial charge in [0.05, 0.1) is 6.54 Å². The van der Waals surface area contributed by atoms with Gasteiger partial charge in [0, 0.05) is 17.2 Å². The van der Waals surface area contributed by atoms with Crippen LogP contribution >= 0.6 is 11.8 Å². The summed E-state index contributed by atoms with van der Waals surface area (Å²) in [5.41, 5.74) is 6.71. The van der Waals surface area contributed by atoms with E-state index < -0.39 is 0 Å². The van der Waals surface area contributed by atoms with Crippen molar-refractivity contribution in [3.63, 3.8) is 0 Å². The van der Waals surface area contributed by atoms with Crippen molar-refractivity contribution in [3.05, 3.63) is 11.6 Å². The Balaban J connectivity index is 2.78. The van der Waals surface area contributed by atoms with Crippen molar-refractivity contribution in [2.45, 2.75) is 13.8 Å². The van der Waals surface area contributed by atoms with Gasteiger partial charge in [-0.15, -0.1) is 0 Å². The number of amidine groups is 1. The summed E-state index contributed by atoms with van der Waals surface area (Å²) >= 11 is 1.53. The van der Waals surface area contributed by atoms with Crippen LogP contribution < -0.4 is 5.73 Å². The molecule has 4 nitrogen and oxygen atoms in total. The lowest BCUT2D eigenvalue weighted by Gasteiger charge is -2.16. The van der Waals surface area contributed by atoms with Crippen LogP contribution in [0.15, 0.2) is 21.6 Å². The lowest BCUT2D eigenvalue weighted by Crippen LogP contribution is -2.21. The van der Waals surface area contributed by atoms with Gasteiger partial charge in [0.2, 0.25) is 5.91 Å². The Hall–Kier alpha value is -1.10. The van der Waals surface area contributed by atoms with Crippen LogP contribution in [-0.2, 0) is 4.79 Å². The Morgan fingerprint density at radius 3 is 2.80 bits per heavy atom. The summed E-state index contributed by atoms with van der Waals surface area (Å²) in [6.45, 7) is 4.31. The van der Waals surface area contributed by atoms with Crippen molar-refractivity contribution in [3.8, 4) is 0 Å². The summed E-state index contributed by atoms with van der Waals surface area (Å²) in [4.78, 5) is 19.5. The van der Waals surface area contributed by atoms with Crippen LogP contribution in [0.4, 0.5) is 0 Å². The molecule has 0 saturated heterocycles. The lowest BCUT2D eigenvalue weighted by molar-refractivity contribution is -0.114. The van der Waals surface area contributed by atoms with Gasteiger partial charge in [-0.05, 0) is 20.1 Å². The Labute approximate surface area is 93.7 Å². The molecule has 0 aliphatic carbocycles. The first-order chi connectivity index (χ1) is 7.04. The van der Waals surface area contributed by atoms with E-state index in [9.17, 15) is 4.79 Å². The van der Waals surface area contributed by atoms with Crippen molar-refractivity contribution in [2.24, 2.45) is 21.6 Å². The molecule has 0 aromatic heterocycles. The molecule has 1 amide bonds. The lowest BCUT2D eigenvalue weighted by atomic mass is 10.0. The number of hydrogen-bond donors (Lipinski definition) is 1. The van der Waals surface area contributed by atoms with Gasteiger partial charge in [0.25, 0.3) is 0 Å². The van der Waals surface area contributed by atoms with Gasteiger partial charge in [-0.2, -0.15) is 0 Å². The number of nitrogens with zero attached hydrogens (tertiary/aromatic N) is 2. The second kappa shape index (κ2) is 5.11. The van der Waals surface area contributed by atoms with E-state index in [4.69, 9.17) is 5.73 Å². The second-order valence-electron chi connectivity index (χ2n) is 3.40. The molecule has 0 radical (unpaired) electrons. The standard InChI is InChI=1S/C10H15N3OS/c1-6(9(11)14)4-8-5-12-10(15-3)13-7(8)2/h4,8H,5H2,1-3H3,(H2,11,14)/b6-4+. The third-order valence-corrected chi connectivity index (χ3v) is 2.84. The molecule has 2 N–H and O–H groups in total. The summed E-state index contributed by atoms with van der Waals surface area (Å²) in [7, 11) is 0. The van der Waals surface area contributed by atoms with Crippen molar-refractivity contribution in [1.82, 2.24) is 0 Å². The zero-order valence-electron chi connectivity index (χ0n) is 9.15. The van der Waals surface area contributed by atoms with E-state index in [1.54, 1.807) is 6.92 Å². The van der Waals surface area contributed by atoms with Crippen LogP contribution in [0.2, 0.25) is 0 Å². The number of thioether (sulfide) groups is 1. The highest BCUT2D eigenvalue weighted by Crippen LogP contribution is 2.15. The molecule has 0 spiro atoms. The van der Waals surface area contributed by atoms with Crippen LogP contribution in [0, 0.1) is 5.92 Å². The van der Waals surface area contributed by atoms with E-state index in [0.29, 0.717) is 12.1 Å². The van der Waals surface area contributed by atoms with Crippen molar-refractivity contribution >= 4 is 28.5 Å². The van der Waals surface area contributed by atoms with Crippen LogP contribution in [0.3, 0.4) is 0 Å². The van der Waals surface area contributed by atoms with Gasteiger partial charge in [-0.1, -0.05) is 17.8 Å². The molecule has 1 rings (SSSR count). The number of amides is 1. The van der Waals surface area contributed by atoms with E-state index in [2.05, 4.69) is 9.98 Å². The maximum atomic E-state index is 10.9. The summed E-state index contributed by atoms with van der Waals surface area (Å²) < 4.78 is 0. The number of carbonyl (C=O) groups is 1. The quantitative estimate of drug-likeness (QED) is 0.718. The highest BCUT2D eigenvalue weighted by molar-refractivity contribution is 8.13. The fourth-order valence-electron chi connectivity index (χ4n) is 1.25. The maximum Gasteiger partial charge on any atom is 0.244 e. The van der Waals surface area contributed by atoms with Crippen molar-refractivity contribution < 1.29 is 4.79 Å². The van der Waals surface area contributed by atoms with E-state index >= 15 is 0 Å². The fraction of sp³-hybridized carbons (Fsp3) is 0.500. The molecule has 82 valence electrons. The van der Waals surface area contributed by atoms with Gasteiger partial charge >= 0.3 is 0 Å². The topological polar surface area (TPSA) is 67.8 Å². The molecule has 1 unspecified atom stereocenters. The minimum absolute atomic E-state index is 0.105. The molecule has 0 saturated carbocycles. The minimum atomic E-state index is -0.387. The summed E-state index contributed by atoms with van der Waals surface area (Å²) in [6.07, 6.45) is 3.78. The number of hydrogen-bond acceptors (Lipinski definition) is 4. The number of aliphatic imine (C=N–C) groups is 2. The van der Waals surface area contributed by atoms with Crippen LogP contribution in [0.5, 0.6) is 0 Å². The number of primary amides is 1. The molecule has 15 heavy (non-hydrogen) atoms. The molecule has 0 aromatic carbocycles. The Kier molecular flexibility index (Phi) is 4.08. The normalized spacial score (nSPS) is 22.1. The minimum Gasteiger partial charge on any atom is -0.366 e. The molecular formula is C10H15N3OS. The van der Waals surface area contributed by atoms with E-state index in [1.165, 1.54) is 11.8 Å². The van der Waals surface area contributed by atoms with Crippen LogP contribution in [-0.4, -0.2) is 29.6 Å². The largest absolute Gasteiger partial charge is 0.366 e. The SMILES string of the molecule is CSC1=NCC(/C=C(\C)C(N)=O)C(C)=N1. The van der Waals surface area contributed by atoms with E-state index in [-0.39, 0.29) is 11.8 Å². The first-order valence-electron chi connectivity index (χ1n) is 4.66. The maximum absolute atomic E-state index is 10.9. The molecular weight excluding hydrogens is 210 g/mol. The van der Waals surface area contributed by atoms with Gasteiger partial charge < -0.3 is 5.73 Å². The molecule has 0 aromatic rings. The molecule has 5 heteroatoms. The van der Waals surface area contributed by atoms with E-state index in [0.717, 1.165) is 10.9 Å². The summed E-state index contributed by atoms with van der Waals surface area (Å²) in [5.74, 6) is -0.282. The van der Waals surface area contributed by atoms with Crippen molar-refractivity contribution in [2.75, 3.05) is 12.8 Å². The van der Waals surface area contributed by atoms with E-state index in [1.807, 2.05) is 19.3 Å². The first kappa shape index (κ1) is 12.0. The highest BCUT2D eigenvalue weighted by atomic mass is 32.2. The Morgan fingerprint density at radius 1 is 1.67 bits per heavy atom. The average Bonchev–Trinajstić information content (AvgIpc) is 2.20. The predicted molar refractivity (Wildman–Crippen MR) is 65.4 cm³/mol. The average molecular weight is 225 g/mol. The molecule has 0 fully saturated rings. The second-order valence-corrected chi connectivity index (χ2v) is 4.17. The van der Waals surface area contributed by atoms with Gasteiger partial charge in [0.15, 0.2) is 5.17 Å². The molecule has 0 bridgehead atoms. The molecule has 1 aliphatic heterocycles. The van der Waals surface area contributed by atoms with Crippen LogP contribution in [0.1, 0.15) is 13.8 Å². The highest BCUT2D eigenvalue weighted by Gasteiger charge is 2.15. The van der Waals surface area contributed by atoms with Gasteiger partial charge in [-0.25, -0.2) is 4.99 Å². The monoisotopic (exact) mass is 225 g/mol. The Bertz CT molecular complexity index is 358. The smallest absolute Gasteiger partial charge is 0.244 e. The molecule has 1 aliphatic rings. The third kappa shape index (κ3) is 3.20. The summed E-state index contributed by atoms with van der Waals surface area (Å²) in [5, 5.41) is 0.800. The summed E-state index contributed by atoms with van der Waals surface area (Å²) in [6, 6.07) is 0. The van der Waals surface area contributed by atoms with Crippen LogP contribution in [0.25, 0.3) is 0 Å². The molecule has 1 heterocycles. The predicted octanol–water partition coefficient (Wildman–Crippen LogP) is 1.23. The van der Waals surface area contributed by atoms with Gasteiger partial charge in [-0.3, -0.25) is 9.79 Å². The van der Waals surface area contributed by atoms with Gasteiger partial charge in [0.1, 0.15) is 0 Å². The number of nitrogens with two attached hydrogens (primary N) is 1. The number of rotatable bonds is 2.